The summed E-state index contributed by atoms with van der Waals surface area (Å²) in [5, 5.41) is 8.95. The van der Waals surface area contributed by atoms with Gasteiger partial charge in [0, 0.05) is 4.47 Å². The largest absolute Gasteiger partial charge is 0.480 e. The molecule has 1 N–H and O–H groups in total. The molecule has 0 fully saturated rings. The Bertz CT molecular complexity index is 840. The van der Waals surface area contributed by atoms with Crippen LogP contribution in [0.5, 0.6) is 0 Å². The smallest absolute Gasteiger partial charge is 0.324 e. The molecule has 0 radical (unpaired) electrons. The molecule has 0 aliphatic carbocycles. The monoisotopic (exact) mass is 405 g/mol. The zero-order chi connectivity index (χ0) is 17.2. The molecule has 23 heavy (non-hydrogen) atoms. The lowest BCUT2D eigenvalue weighted by atomic mass is 10.3. The van der Waals surface area contributed by atoms with E-state index in [9.17, 15) is 22.0 Å². The third kappa shape index (κ3) is 3.85. The van der Waals surface area contributed by atoms with E-state index in [0.29, 0.717) is 8.78 Å². The summed E-state index contributed by atoms with van der Waals surface area (Å²) in [6.45, 7) is -0.974. The highest BCUT2D eigenvalue weighted by Gasteiger charge is 2.29. The summed E-state index contributed by atoms with van der Waals surface area (Å²) in [4.78, 5) is 10.7. The zero-order valence-electron chi connectivity index (χ0n) is 11.4. The Labute approximate surface area is 139 Å². The summed E-state index contributed by atoms with van der Waals surface area (Å²) < 4.78 is 53.0. The molecule has 0 atom stereocenters. The molecule has 2 aromatic rings. The number of nitrogens with zero attached hydrogens (tertiary/aromatic N) is 1. The van der Waals surface area contributed by atoms with Crippen molar-refractivity contribution in [3.05, 3.63) is 58.6 Å². The van der Waals surface area contributed by atoms with E-state index >= 15 is 0 Å². The topological polar surface area (TPSA) is 74.7 Å². The van der Waals surface area contributed by atoms with Gasteiger partial charge in [0.15, 0.2) is 0 Å². The highest BCUT2D eigenvalue weighted by Crippen LogP contribution is 2.28. The van der Waals surface area contributed by atoms with Crippen LogP contribution in [-0.4, -0.2) is 26.0 Å². The van der Waals surface area contributed by atoms with Crippen LogP contribution in [0.25, 0.3) is 0 Å². The Balaban J connectivity index is 2.57. The molecule has 9 heteroatoms. The third-order valence-corrected chi connectivity index (χ3v) is 5.13. The van der Waals surface area contributed by atoms with Crippen molar-refractivity contribution >= 4 is 37.6 Å². The standard InChI is InChI=1S/C14H10BrF2NO4S/c15-9-1-6-13(12(17)7-9)18(8-14(19)20)23(21,22)11-4-2-10(16)3-5-11/h1-7H,8H2,(H,19,20). The zero-order valence-corrected chi connectivity index (χ0v) is 13.8. The molecule has 2 aromatic carbocycles. The van der Waals surface area contributed by atoms with Crippen molar-refractivity contribution < 1.29 is 27.1 Å². The molecular weight excluding hydrogens is 396 g/mol. The highest BCUT2D eigenvalue weighted by molar-refractivity contribution is 9.10. The first-order valence-electron chi connectivity index (χ1n) is 6.17. The second kappa shape index (κ2) is 6.63. The molecule has 0 unspecified atom stereocenters. The third-order valence-electron chi connectivity index (χ3n) is 2.86. The Morgan fingerprint density at radius 3 is 2.26 bits per heavy atom. The SMILES string of the molecule is O=C(O)CN(c1ccc(Br)cc1F)S(=O)(=O)c1ccc(F)cc1. The maximum Gasteiger partial charge on any atom is 0.324 e. The fourth-order valence-corrected chi connectivity index (χ4v) is 3.59. The number of halogens is 3. The van der Waals surface area contributed by atoms with Gasteiger partial charge >= 0.3 is 5.97 Å². The quantitative estimate of drug-likeness (QED) is 0.829. The summed E-state index contributed by atoms with van der Waals surface area (Å²) >= 11 is 3.03. The van der Waals surface area contributed by atoms with Crippen molar-refractivity contribution in [2.75, 3.05) is 10.8 Å². The molecule has 2 rings (SSSR count). The predicted molar refractivity (Wildman–Crippen MR) is 82.7 cm³/mol. The van der Waals surface area contributed by atoms with E-state index in [2.05, 4.69) is 15.9 Å². The van der Waals surface area contributed by atoms with Crippen molar-refractivity contribution in [1.82, 2.24) is 0 Å². The number of carboxylic acids is 1. The van der Waals surface area contributed by atoms with E-state index in [4.69, 9.17) is 5.11 Å². The van der Waals surface area contributed by atoms with Gasteiger partial charge in [0.2, 0.25) is 0 Å². The summed E-state index contributed by atoms with van der Waals surface area (Å²) in [7, 11) is -4.37. The molecule has 0 saturated heterocycles. The molecule has 0 aromatic heterocycles. The van der Waals surface area contributed by atoms with Gasteiger partial charge in [-0.2, -0.15) is 0 Å². The number of carbonyl (C=O) groups is 1. The van der Waals surface area contributed by atoms with Crippen molar-refractivity contribution in [3.63, 3.8) is 0 Å². The summed E-state index contributed by atoms with van der Waals surface area (Å²) in [6.07, 6.45) is 0. The summed E-state index contributed by atoms with van der Waals surface area (Å²) in [6, 6.07) is 7.35. The Morgan fingerprint density at radius 2 is 1.74 bits per heavy atom. The molecule has 5 nitrogen and oxygen atoms in total. The molecule has 0 bridgehead atoms. The lowest BCUT2D eigenvalue weighted by Gasteiger charge is -2.23. The molecule has 0 amide bonds. The first-order valence-corrected chi connectivity index (χ1v) is 8.40. The molecular formula is C14H10BrF2NO4S. The van der Waals surface area contributed by atoms with Gasteiger partial charge in [-0.1, -0.05) is 15.9 Å². The number of anilines is 1. The summed E-state index contributed by atoms with van der Waals surface area (Å²) in [5.74, 6) is -3.02. The maximum atomic E-state index is 14.1. The van der Waals surface area contributed by atoms with Crippen LogP contribution in [0.4, 0.5) is 14.5 Å². The van der Waals surface area contributed by atoms with Crippen LogP contribution >= 0.6 is 15.9 Å². The number of benzene rings is 2. The highest BCUT2D eigenvalue weighted by atomic mass is 79.9. The lowest BCUT2D eigenvalue weighted by Crippen LogP contribution is -2.36. The Hall–Kier alpha value is -2.00. The number of hydrogen-bond acceptors (Lipinski definition) is 3. The fraction of sp³-hybridized carbons (Fsp3) is 0.0714. The average molecular weight is 406 g/mol. The first-order chi connectivity index (χ1) is 10.7. The van der Waals surface area contributed by atoms with E-state index in [-0.39, 0.29) is 4.90 Å². The van der Waals surface area contributed by atoms with Gasteiger partial charge < -0.3 is 5.11 Å². The fourth-order valence-electron chi connectivity index (χ4n) is 1.84. The molecule has 0 aliphatic heterocycles. The van der Waals surface area contributed by atoms with Crippen LogP contribution in [0.1, 0.15) is 0 Å². The maximum absolute atomic E-state index is 14.1. The second-order valence-electron chi connectivity index (χ2n) is 4.46. The van der Waals surface area contributed by atoms with Crippen LogP contribution in [0.2, 0.25) is 0 Å². The van der Waals surface area contributed by atoms with E-state index in [0.717, 1.165) is 36.4 Å². The predicted octanol–water partition coefficient (Wildman–Crippen LogP) is 3.01. The van der Waals surface area contributed by atoms with Gasteiger partial charge in [-0.25, -0.2) is 17.2 Å². The van der Waals surface area contributed by atoms with Gasteiger partial charge in [-0.15, -0.1) is 0 Å². The molecule has 122 valence electrons. The number of sulfonamides is 1. The van der Waals surface area contributed by atoms with Gasteiger partial charge in [0.05, 0.1) is 10.6 Å². The molecule has 0 spiro atoms. The van der Waals surface area contributed by atoms with E-state index in [1.807, 2.05) is 0 Å². The Morgan fingerprint density at radius 1 is 1.13 bits per heavy atom. The molecule has 0 heterocycles. The van der Waals surface area contributed by atoms with Crippen molar-refractivity contribution in [3.8, 4) is 0 Å². The van der Waals surface area contributed by atoms with Crippen LogP contribution < -0.4 is 4.31 Å². The molecule has 0 saturated carbocycles. The van der Waals surface area contributed by atoms with Crippen molar-refractivity contribution in [1.29, 1.82) is 0 Å². The number of hydrogen-bond donors (Lipinski definition) is 1. The number of rotatable bonds is 5. The van der Waals surface area contributed by atoms with E-state index in [1.165, 1.54) is 6.07 Å². The minimum Gasteiger partial charge on any atom is -0.480 e. The van der Waals surface area contributed by atoms with Gasteiger partial charge in [0.1, 0.15) is 18.2 Å². The second-order valence-corrected chi connectivity index (χ2v) is 7.23. The van der Waals surface area contributed by atoms with E-state index in [1.54, 1.807) is 0 Å². The van der Waals surface area contributed by atoms with Crippen LogP contribution in [-0.2, 0) is 14.8 Å². The lowest BCUT2D eigenvalue weighted by molar-refractivity contribution is -0.135. The van der Waals surface area contributed by atoms with Gasteiger partial charge in [-0.05, 0) is 42.5 Å². The Kier molecular flexibility index (Phi) is 5.00. The van der Waals surface area contributed by atoms with Crippen LogP contribution in [0.15, 0.2) is 51.8 Å². The van der Waals surface area contributed by atoms with Gasteiger partial charge in [0.25, 0.3) is 10.0 Å². The minimum absolute atomic E-state index is 0.345. The van der Waals surface area contributed by atoms with Crippen molar-refractivity contribution in [2.24, 2.45) is 0 Å². The average Bonchev–Trinajstić information content (AvgIpc) is 2.45. The van der Waals surface area contributed by atoms with Gasteiger partial charge in [-0.3, -0.25) is 9.10 Å². The molecule has 0 aliphatic rings. The first kappa shape index (κ1) is 17.4. The van der Waals surface area contributed by atoms with Crippen LogP contribution in [0.3, 0.4) is 0 Å². The number of aliphatic carboxylic acids is 1. The van der Waals surface area contributed by atoms with Crippen molar-refractivity contribution in [2.45, 2.75) is 4.90 Å². The van der Waals surface area contributed by atoms with Crippen LogP contribution in [0, 0.1) is 11.6 Å². The normalized spacial score (nSPS) is 11.3. The number of carboxylic acid groups (broad SMARTS) is 1. The summed E-state index contributed by atoms with van der Waals surface area (Å²) in [5.41, 5.74) is -0.417. The minimum atomic E-state index is -4.37. The van der Waals surface area contributed by atoms with E-state index < -0.39 is 39.9 Å².